The van der Waals surface area contributed by atoms with Crippen LogP contribution in [0.4, 0.5) is 0 Å². The molecule has 2 N–H and O–H groups in total. The lowest BCUT2D eigenvalue weighted by molar-refractivity contribution is 0.0423. The minimum absolute atomic E-state index is 0.283. The molecule has 0 saturated carbocycles. The van der Waals surface area contributed by atoms with Crippen LogP contribution in [0, 0.1) is 5.41 Å². The molecular formula is C14H32N2O. The molecule has 0 bridgehead atoms. The number of hydrogen-bond acceptors (Lipinski definition) is 3. The fourth-order valence-electron chi connectivity index (χ4n) is 2.18. The van der Waals surface area contributed by atoms with Crippen molar-refractivity contribution >= 4 is 0 Å². The molecule has 104 valence electrons. The number of rotatable bonds is 7. The third-order valence-corrected chi connectivity index (χ3v) is 2.95. The van der Waals surface area contributed by atoms with E-state index in [4.69, 9.17) is 0 Å². The average Bonchev–Trinajstić information content (AvgIpc) is 2.07. The number of aliphatic hydroxyl groups is 1. The molecule has 3 nitrogen and oxygen atoms in total. The van der Waals surface area contributed by atoms with Gasteiger partial charge in [0, 0.05) is 12.6 Å². The summed E-state index contributed by atoms with van der Waals surface area (Å²) in [6.07, 6.45) is 1.12. The SMILES string of the molecule is CCNC(CCN(C)CC(C)(C)O)C(C)(C)C. The second kappa shape index (κ2) is 6.72. The van der Waals surface area contributed by atoms with Gasteiger partial charge in [-0.3, -0.25) is 0 Å². The van der Waals surface area contributed by atoms with E-state index in [1.54, 1.807) is 0 Å². The second-order valence-electron chi connectivity index (χ2n) is 6.82. The maximum atomic E-state index is 9.76. The molecule has 0 aliphatic heterocycles. The first-order valence-corrected chi connectivity index (χ1v) is 6.70. The molecule has 1 atom stereocenters. The highest BCUT2D eigenvalue weighted by Crippen LogP contribution is 2.22. The molecule has 1 unspecified atom stereocenters. The summed E-state index contributed by atoms with van der Waals surface area (Å²) in [4.78, 5) is 2.20. The van der Waals surface area contributed by atoms with Crippen molar-refractivity contribution in [2.45, 2.75) is 59.6 Å². The van der Waals surface area contributed by atoms with Crippen molar-refractivity contribution in [1.29, 1.82) is 0 Å². The quantitative estimate of drug-likeness (QED) is 0.720. The van der Waals surface area contributed by atoms with Crippen LogP contribution >= 0.6 is 0 Å². The highest BCUT2D eigenvalue weighted by molar-refractivity contribution is 4.81. The van der Waals surface area contributed by atoms with Gasteiger partial charge in [-0.15, -0.1) is 0 Å². The van der Waals surface area contributed by atoms with Gasteiger partial charge in [0.15, 0.2) is 0 Å². The summed E-state index contributed by atoms with van der Waals surface area (Å²) < 4.78 is 0. The Morgan fingerprint density at radius 2 is 1.71 bits per heavy atom. The highest BCUT2D eigenvalue weighted by Gasteiger charge is 2.24. The standard InChI is InChI=1S/C14H32N2O/c1-8-15-12(13(2,3)4)9-10-16(7)11-14(5,6)17/h12,15,17H,8-11H2,1-7H3. The van der Waals surface area contributed by atoms with E-state index in [0.29, 0.717) is 6.04 Å². The molecule has 0 heterocycles. The number of hydrogen-bond donors (Lipinski definition) is 2. The third-order valence-electron chi connectivity index (χ3n) is 2.95. The van der Waals surface area contributed by atoms with E-state index in [-0.39, 0.29) is 5.41 Å². The van der Waals surface area contributed by atoms with Gasteiger partial charge in [-0.2, -0.15) is 0 Å². The Morgan fingerprint density at radius 1 is 1.18 bits per heavy atom. The Balaban J connectivity index is 4.13. The molecule has 0 fully saturated rings. The molecule has 0 saturated heterocycles. The Labute approximate surface area is 108 Å². The largest absolute Gasteiger partial charge is 0.389 e. The number of nitrogens with zero attached hydrogens (tertiary/aromatic N) is 1. The van der Waals surface area contributed by atoms with E-state index in [9.17, 15) is 5.11 Å². The molecular weight excluding hydrogens is 212 g/mol. The van der Waals surface area contributed by atoms with Crippen molar-refractivity contribution in [1.82, 2.24) is 10.2 Å². The van der Waals surface area contributed by atoms with Gasteiger partial charge in [-0.25, -0.2) is 0 Å². The van der Waals surface area contributed by atoms with Crippen molar-refractivity contribution in [3.05, 3.63) is 0 Å². The van der Waals surface area contributed by atoms with E-state index in [2.05, 4.69) is 45.0 Å². The maximum Gasteiger partial charge on any atom is 0.0718 e. The normalized spacial score (nSPS) is 15.4. The zero-order valence-corrected chi connectivity index (χ0v) is 12.8. The predicted molar refractivity (Wildman–Crippen MR) is 75.3 cm³/mol. The minimum atomic E-state index is -0.607. The molecule has 3 heteroatoms. The van der Waals surface area contributed by atoms with Crippen LogP contribution in [0.25, 0.3) is 0 Å². The Bertz CT molecular complexity index is 203. The van der Waals surface area contributed by atoms with Gasteiger partial charge in [0.2, 0.25) is 0 Å². The molecule has 17 heavy (non-hydrogen) atoms. The summed E-state index contributed by atoms with van der Waals surface area (Å²) in [6.45, 7) is 15.4. The van der Waals surface area contributed by atoms with Crippen LogP contribution in [0.1, 0.15) is 48.0 Å². The van der Waals surface area contributed by atoms with Crippen LogP contribution in [-0.2, 0) is 0 Å². The lowest BCUT2D eigenvalue weighted by Crippen LogP contribution is -2.44. The molecule has 0 rings (SSSR count). The fourth-order valence-corrected chi connectivity index (χ4v) is 2.18. The number of likely N-dealkylation sites (N-methyl/N-ethyl adjacent to an activating group) is 1. The van der Waals surface area contributed by atoms with E-state index in [0.717, 1.165) is 26.1 Å². The van der Waals surface area contributed by atoms with Crippen molar-refractivity contribution < 1.29 is 5.11 Å². The minimum Gasteiger partial charge on any atom is -0.389 e. The smallest absolute Gasteiger partial charge is 0.0718 e. The summed E-state index contributed by atoms with van der Waals surface area (Å²) in [5.41, 5.74) is -0.324. The first-order chi connectivity index (χ1) is 7.56. The van der Waals surface area contributed by atoms with Crippen LogP contribution in [0.15, 0.2) is 0 Å². The van der Waals surface area contributed by atoms with E-state index < -0.39 is 5.60 Å². The van der Waals surface area contributed by atoms with Crippen LogP contribution < -0.4 is 5.32 Å². The first kappa shape index (κ1) is 16.9. The molecule has 0 amide bonds. The van der Waals surface area contributed by atoms with Crippen molar-refractivity contribution in [3.8, 4) is 0 Å². The summed E-state index contributed by atoms with van der Waals surface area (Å²) in [5, 5.41) is 13.3. The summed E-state index contributed by atoms with van der Waals surface area (Å²) in [5.74, 6) is 0. The molecule has 0 aromatic rings. The lowest BCUT2D eigenvalue weighted by atomic mass is 9.84. The van der Waals surface area contributed by atoms with Gasteiger partial charge < -0.3 is 15.3 Å². The van der Waals surface area contributed by atoms with E-state index in [1.807, 2.05) is 13.8 Å². The van der Waals surface area contributed by atoms with Gasteiger partial charge >= 0.3 is 0 Å². The summed E-state index contributed by atoms with van der Waals surface area (Å²) in [7, 11) is 2.07. The van der Waals surface area contributed by atoms with Crippen LogP contribution in [0.2, 0.25) is 0 Å². The van der Waals surface area contributed by atoms with Crippen molar-refractivity contribution in [3.63, 3.8) is 0 Å². The monoisotopic (exact) mass is 244 g/mol. The Morgan fingerprint density at radius 3 is 2.06 bits per heavy atom. The zero-order valence-electron chi connectivity index (χ0n) is 12.8. The molecule has 0 aromatic carbocycles. The molecule has 0 spiro atoms. The molecule has 0 aromatic heterocycles. The third kappa shape index (κ3) is 8.58. The van der Waals surface area contributed by atoms with Crippen LogP contribution in [0.3, 0.4) is 0 Å². The maximum absolute atomic E-state index is 9.76. The Kier molecular flexibility index (Phi) is 6.67. The first-order valence-electron chi connectivity index (χ1n) is 6.70. The Hall–Kier alpha value is -0.120. The van der Waals surface area contributed by atoms with E-state index in [1.165, 1.54) is 0 Å². The molecule has 0 radical (unpaired) electrons. The van der Waals surface area contributed by atoms with Crippen LogP contribution in [0.5, 0.6) is 0 Å². The highest BCUT2D eigenvalue weighted by atomic mass is 16.3. The summed E-state index contributed by atoms with van der Waals surface area (Å²) in [6, 6.07) is 0.525. The topological polar surface area (TPSA) is 35.5 Å². The van der Waals surface area contributed by atoms with Crippen LogP contribution in [-0.4, -0.2) is 48.3 Å². The molecule has 0 aliphatic carbocycles. The summed E-state index contributed by atoms with van der Waals surface area (Å²) >= 11 is 0. The van der Waals surface area contributed by atoms with Crippen molar-refractivity contribution in [2.24, 2.45) is 5.41 Å². The van der Waals surface area contributed by atoms with Gasteiger partial charge in [0.25, 0.3) is 0 Å². The zero-order chi connectivity index (χ0) is 13.7. The van der Waals surface area contributed by atoms with Gasteiger partial charge in [-0.05, 0) is 45.8 Å². The van der Waals surface area contributed by atoms with Crippen molar-refractivity contribution in [2.75, 3.05) is 26.7 Å². The predicted octanol–water partition coefficient (Wildman–Crippen LogP) is 2.10. The molecule has 0 aliphatic rings. The fraction of sp³-hybridized carbons (Fsp3) is 1.00. The lowest BCUT2D eigenvalue weighted by Gasteiger charge is -2.33. The van der Waals surface area contributed by atoms with Gasteiger partial charge in [-0.1, -0.05) is 27.7 Å². The second-order valence-corrected chi connectivity index (χ2v) is 6.82. The number of nitrogens with one attached hydrogen (secondary N) is 1. The average molecular weight is 244 g/mol. The van der Waals surface area contributed by atoms with E-state index >= 15 is 0 Å². The van der Waals surface area contributed by atoms with Gasteiger partial charge in [0.1, 0.15) is 0 Å². The van der Waals surface area contributed by atoms with Gasteiger partial charge in [0.05, 0.1) is 5.60 Å².